The first-order valence-corrected chi connectivity index (χ1v) is 4.87. The molecule has 1 aromatic rings. The fourth-order valence-corrected chi connectivity index (χ4v) is 1.99. The fraction of sp³-hybridized carbons (Fsp3) is 0.364. The first-order valence-electron chi connectivity index (χ1n) is 4.87. The Morgan fingerprint density at radius 3 is 3.07 bits per heavy atom. The molecule has 14 heavy (non-hydrogen) atoms. The monoisotopic (exact) mass is 190 g/mol. The summed E-state index contributed by atoms with van der Waals surface area (Å²) in [6.45, 7) is 0.263. The summed E-state index contributed by atoms with van der Waals surface area (Å²) in [5.74, 6) is -0.297. The van der Waals surface area contributed by atoms with E-state index in [1.165, 1.54) is 11.1 Å². The van der Waals surface area contributed by atoms with E-state index in [0.717, 1.165) is 12.8 Å². The summed E-state index contributed by atoms with van der Waals surface area (Å²) < 4.78 is 0. The molecule has 0 spiro atoms. The first-order chi connectivity index (χ1) is 6.77. The van der Waals surface area contributed by atoms with Gasteiger partial charge in [0.1, 0.15) is 0 Å². The van der Waals surface area contributed by atoms with Gasteiger partial charge in [-0.05, 0) is 24.0 Å². The molecule has 2 rings (SSSR count). The average molecular weight is 190 g/mol. The first kappa shape index (κ1) is 9.21. The van der Waals surface area contributed by atoms with Gasteiger partial charge in [0.15, 0.2) is 0 Å². The number of nitrogens with one attached hydrogen (secondary N) is 1. The second-order valence-electron chi connectivity index (χ2n) is 3.64. The lowest BCUT2D eigenvalue weighted by Crippen LogP contribution is -2.30. The predicted octanol–water partition coefficient (Wildman–Crippen LogP) is 0.749. The number of rotatable bonds is 3. The highest BCUT2D eigenvalue weighted by Crippen LogP contribution is 2.30. The van der Waals surface area contributed by atoms with E-state index in [4.69, 9.17) is 5.73 Å². The molecule has 0 saturated heterocycles. The van der Waals surface area contributed by atoms with Crippen molar-refractivity contribution in [2.75, 3.05) is 6.54 Å². The molecule has 0 fully saturated rings. The zero-order chi connectivity index (χ0) is 9.97. The number of amides is 1. The van der Waals surface area contributed by atoms with Gasteiger partial charge in [-0.2, -0.15) is 0 Å². The van der Waals surface area contributed by atoms with Gasteiger partial charge >= 0.3 is 0 Å². The van der Waals surface area contributed by atoms with Crippen molar-refractivity contribution < 1.29 is 4.79 Å². The van der Waals surface area contributed by atoms with Crippen molar-refractivity contribution in [2.45, 2.75) is 18.9 Å². The maximum Gasteiger partial charge on any atom is 0.231 e. The van der Waals surface area contributed by atoms with Crippen LogP contribution in [0.3, 0.4) is 0 Å². The van der Waals surface area contributed by atoms with Gasteiger partial charge < -0.3 is 11.1 Å². The quantitative estimate of drug-likeness (QED) is 0.739. The number of primary amides is 1. The van der Waals surface area contributed by atoms with Gasteiger partial charge in [0.25, 0.3) is 0 Å². The summed E-state index contributed by atoms with van der Waals surface area (Å²) in [5, 5.41) is 3.16. The summed E-state index contributed by atoms with van der Waals surface area (Å²) in [4.78, 5) is 10.6. The molecule has 1 atom stereocenters. The van der Waals surface area contributed by atoms with Crippen molar-refractivity contribution in [1.29, 1.82) is 0 Å². The maximum absolute atomic E-state index is 10.6. The summed E-state index contributed by atoms with van der Waals surface area (Å²) in [6.07, 6.45) is 2.15. The van der Waals surface area contributed by atoms with Crippen LogP contribution in [0.15, 0.2) is 24.3 Å². The van der Waals surface area contributed by atoms with Crippen LogP contribution in [-0.4, -0.2) is 12.5 Å². The van der Waals surface area contributed by atoms with Gasteiger partial charge in [-0.3, -0.25) is 4.79 Å². The lowest BCUT2D eigenvalue weighted by atomic mass is 10.1. The van der Waals surface area contributed by atoms with Gasteiger partial charge in [-0.25, -0.2) is 0 Å². The normalized spacial score (nSPS) is 19.3. The predicted molar refractivity (Wildman–Crippen MR) is 54.7 cm³/mol. The number of aryl methyl sites for hydroxylation is 1. The summed E-state index contributed by atoms with van der Waals surface area (Å²) in [5.41, 5.74) is 7.79. The summed E-state index contributed by atoms with van der Waals surface area (Å²) >= 11 is 0. The molecule has 1 aromatic carbocycles. The number of fused-ring (bicyclic) bond motifs is 1. The zero-order valence-corrected chi connectivity index (χ0v) is 7.99. The van der Waals surface area contributed by atoms with E-state index in [1.807, 2.05) is 6.07 Å². The number of hydrogen-bond acceptors (Lipinski definition) is 2. The van der Waals surface area contributed by atoms with Crippen LogP contribution in [0.25, 0.3) is 0 Å². The molecule has 0 heterocycles. The maximum atomic E-state index is 10.6. The van der Waals surface area contributed by atoms with Crippen LogP contribution < -0.4 is 11.1 Å². The molecule has 0 radical (unpaired) electrons. The highest BCUT2D eigenvalue weighted by Gasteiger charge is 2.21. The largest absolute Gasteiger partial charge is 0.369 e. The van der Waals surface area contributed by atoms with Crippen molar-refractivity contribution in [2.24, 2.45) is 5.73 Å². The zero-order valence-electron chi connectivity index (χ0n) is 7.99. The summed E-state index contributed by atoms with van der Waals surface area (Å²) in [6, 6.07) is 8.64. The van der Waals surface area contributed by atoms with E-state index in [2.05, 4.69) is 23.5 Å². The van der Waals surface area contributed by atoms with Gasteiger partial charge in [0, 0.05) is 6.04 Å². The van der Waals surface area contributed by atoms with Crippen molar-refractivity contribution in [3.05, 3.63) is 35.4 Å². The molecule has 0 unspecified atom stereocenters. The van der Waals surface area contributed by atoms with Crippen LogP contribution >= 0.6 is 0 Å². The number of benzene rings is 1. The van der Waals surface area contributed by atoms with Gasteiger partial charge in [-0.1, -0.05) is 24.3 Å². The molecule has 74 valence electrons. The third kappa shape index (κ3) is 1.77. The number of carbonyl (C=O) groups is 1. The van der Waals surface area contributed by atoms with E-state index in [9.17, 15) is 4.79 Å². The van der Waals surface area contributed by atoms with E-state index in [0.29, 0.717) is 6.04 Å². The molecular formula is C11H14N2O. The highest BCUT2D eigenvalue weighted by molar-refractivity contribution is 5.75. The van der Waals surface area contributed by atoms with Crippen molar-refractivity contribution in [3.63, 3.8) is 0 Å². The SMILES string of the molecule is NC(=O)CN[C@@H]1CCc2ccccc21. The standard InChI is InChI=1S/C11H14N2O/c12-11(14)7-13-10-6-5-8-3-1-2-4-9(8)10/h1-4,10,13H,5-7H2,(H2,12,14)/t10-/m1/s1. The molecule has 0 saturated carbocycles. The molecule has 0 bridgehead atoms. The molecule has 1 amide bonds. The molecule has 3 heteroatoms. The van der Waals surface area contributed by atoms with Crippen LogP contribution in [0, 0.1) is 0 Å². The Morgan fingerprint density at radius 2 is 2.29 bits per heavy atom. The lowest BCUT2D eigenvalue weighted by molar-refractivity contribution is -0.117. The van der Waals surface area contributed by atoms with Gasteiger partial charge in [0.2, 0.25) is 5.91 Å². The Labute approximate surface area is 83.3 Å². The van der Waals surface area contributed by atoms with Gasteiger partial charge in [0.05, 0.1) is 6.54 Å². The minimum absolute atomic E-state index is 0.263. The average Bonchev–Trinajstić information content (AvgIpc) is 2.58. The van der Waals surface area contributed by atoms with Crippen LogP contribution in [-0.2, 0) is 11.2 Å². The van der Waals surface area contributed by atoms with E-state index in [-0.39, 0.29) is 12.5 Å². The molecule has 3 N–H and O–H groups in total. The van der Waals surface area contributed by atoms with Gasteiger partial charge in [-0.15, -0.1) is 0 Å². The smallest absolute Gasteiger partial charge is 0.231 e. The van der Waals surface area contributed by atoms with Crippen LogP contribution in [0.1, 0.15) is 23.6 Å². The van der Waals surface area contributed by atoms with Crippen molar-refractivity contribution in [1.82, 2.24) is 5.32 Å². The fourth-order valence-electron chi connectivity index (χ4n) is 1.99. The van der Waals surface area contributed by atoms with E-state index >= 15 is 0 Å². The third-order valence-electron chi connectivity index (χ3n) is 2.66. The number of hydrogen-bond donors (Lipinski definition) is 2. The Hall–Kier alpha value is -1.35. The van der Waals surface area contributed by atoms with E-state index in [1.54, 1.807) is 0 Å². The second kappa shape index (κ2) is 3.80. The number of carbonyl (C=O) groups excluding carboxylic acids is 1. The van der Waals surface area contributed by atoms with Crippen molar-refractivity contribution in [3.8, 4) is 0 Å². The van der Waals surface area contributed by atoms with Crippen LogP contribution in [0.4, 0.5) is 0 Å². The highest BCUT2D eigenvalue weighted by atomic mass is 16.1. The molecule has 0 aromatic heterocycles. The van der Waals surface area contributed by atoms with Crippen LogP contribution in [0.2, 0.25) is 0 Å². The van der Waals surface area contributed by atoms with E-state index < -0.39 is 0 Å². The second-order valence-corrected chi connectivity index (χ2v) is 3.64. The number of nitrogens with two attached hydrogens (primary N) is 1. The Morgan fingerprint density at radius 1 is 1.50 bits per heavy atom. The molecule has 1 aliphatic carbocycles. The van der Waals surface area contributed by atoms with Crippen LogP contribution in [0.5, 0.6) is 0 Å². The third-order valence-corrected chi connectivity index (χ3v) is 2.66. The summed E-state index contributed by atoms with van der Waals surface area (Å²) in [7, 11) is 0. The molecule has 1 aliphatic rings. The Balaban J connectivity index is 2.07. The lowest BCUT2D eigenvalue weighted by Gasteiger charge is -2.11. The van der Waals surface area contributed by atoms with Crippen molar-refractivity contribution >= 4 is 5.91 Å². The minimum atomic E-state index is -0.297. The Bertz CT molecular complexity index is 349. The minimum Gasteiger partial charge on any atom is -0.369 e. The Kier molecular flexibility index (Phi) is 2.50. The molecule has 3 nitrogen and oxygen atoms in total. The molecular weight excluding hydrogens is 176 g/mol. The topological polar surface area (TPSA) is 55.1 Å². The molecule has 0 aliphatic heterocycles.